The monoisotopic (exact) mass is 422 g/mol. The van der Waals surface area contributed by atoms with Crippen molar-refractivity contribution in [3.8, 4) is 5.88 Å². The van der Waals surface area contributed by atoms with Gasteiger partial charge in [0.15, 0.2) is 15.7 Å². The molecule has 160 valence electrons. The molecular formula is C20H30N4O4S. The molecule has 0 saturated carbocycles. The lowest BCUT2D eigenvalue weighted by atomic mass is 9.84. The van der Waals surface area contributed by atoms with Crippen molar-refractivity contribution in [1.29, 1.82) is 0 Å². The summed E-state index contributed by atoms with van der Waals surface area (Å²) >= 11 is 0. The minimum Gasteiger partial charge on any atom is -0.478 e. The number of piperidine rings is 1. The van der Waals surface area contributed by atoms with E-state index in [1.807, 2.05) is 0 Å². The Balaban J connectivity index is 1.41. The standard InChI is InChI=1S/C20H30N4O4S/c1-4-5-18-22-20(28-23-18)24-11-8-16(9-12-24)15(2)10-13-27-19-7-6-17(14-21-19)29(3,25)26/h6-7,14-16H,4-5,8-13H2,1-3H3. The topological polar surface area (TPSA) is 98.4 Å². The average molecular weight is 423 g/mol. The number of rotatable bonds is 9. The molecule has 1 aliphatic rings. The third kappa shape index (κ3) is 5.91. The summed E-state index contributed by atoms with van der Waals surface area (Å²) in [5, 5.41) is 4.04. The quantitative estimate of drug-likeness (QED) is 0.608. The summed E-state index contributed by atoms with van der Waals surface area (Å²) in [7, 11) is -3.23. The first-order valence-corrected chi connectivity index (χ1v) is 12.1. The highest BCUT2D eigenvalue weighted by Gasteiger charge is 2.26. The Labute approximate surface area is 172 Å². The van der Waals surface area contributed by atoms with E-state index in [0.29, 0.717) is 30.3 Å². The second kappa shape index (κ2) is 9.56. The van der Waals surface area contributed by atoms with Crippen LogP contribution < -0.4 is 9.64 Å². The number of pyridine rings is 1. The molecule has 0 bridgehead atoms. The first kappa shape index (κ1) is 21.5. The molecule has 0 radical (unpaired) electrons. The van der Waals surface area contributed by atoms with Crippen LogP contribution in [-0.2, 0) is 16.3 Å². The zero-order valence-corrected chi connectivity index (χ0v) is 18.2. The molecule has 1 saturated heterocycles. The molecular weight excluding hydrogens is 392 g/mol. The van der Waals surface area contributed by atoms with Crippen LogP contribution in [0.4, 0.5) is 6.01 Å². The molecule has 8 nitrogen and oxygen atoms in total. The van der Waals surface area contributed by atoms with Crippen molar-refractivity contribution < 1.29 is 17.7 Å². The molecule has 0 aromatic carbocycles. The van der Waals surface area contributed by atoms with Crippen LogP contribution in [0, 0.1) is 11.8 Å². The van der Waals surface area contributed by atoms with E-state index in [2.05, 4.69) is 33.9 Å². The van der Waals surface area contributed by atoms with E-state index >= 15 is 0 Å². The Hall–Kier alpha value is -2.16. The molecule has 1 atom stereocenters. The maximum absolute atomic E-state index is 11.5. The van der Waals surface area contributed by atoms with Crippen LogP contribution in [-0.4, -0.2) is 49.5 Å². The molecule has 0 N–H and O–H groups in total. The Morgan fingerprint density at radius 3 is 2.69 bits per heavy atom. The van der Waals surface area contributed by atoms with Gasteiger partial charge in [-0.05, 0) is 43.6 Å². The van der Waals surface area contributed by atoms with E-state index in [4.69, 9.17) is 9.26 Å². The summed E-state index contributed by atoms with van der Waals surface area (Å²) in [6.07, 6.45) is 7.48. The second-order valence-electron chi connectivity index (χ2n) is 7.79. The molecule has 29 heavy (non-hydrogen) atoms. The van der Waals surface area contributed by atoms with E-state index in [9.17, 15) is 8.42 Å². The third-order valence-corrected chi connectivity index (χ3v) is 6.60. The number of hydrogen-bond acceptors (Lipinski definition) is 8. The summed E-state index contributed by atoms with van der Waals surface area (Å²) in [5.41, 5.74) is 0. The van der Waals surface area contributed by atoms with Gasteiger partial charge in [-0.15, -0.1) is 0 Å². The van der Waals surface area contributed by atoms with Crippen molar-refractivity contribution in [2.75, 3.05) is 30.9 Å². The summed E-state index contributed by atoms with van der Waals surface area (Å²) in [4.78, 5) is 10.9. The van der Waals surface area contributed by atoms with Crippen molar-refractivity contribution in [3.63, 3.8) is 0 Å². The van der Waals surface area contributed by atoms with Crippen molar-refractivity contribution in [1.82, 2.24) is 15.1 Å². The highest BCUT2D eigenvalue weighted by Crippen LogP contribution is 2.29. The predicted octanol–water partition coefficient (Wildman–Crippen LogP) is 3.14. The normalized spacial score (nSPS) is 16.7. The van der Waals surface area contributed by atoms with Gasteiger partial charge in [-0.25, -0.2) is 13.4 Å². The third-order valence-electron chi connectivity index (χ3n) is 5.51. The number of sulfone groups is 1. The van der Waals surface area contributed by atoms with Gasteiger partial charge in [0.1, 0.15) is 0 Å². The maximum atomic E-state index is 11.5. The minimum atomic E-state index is -3.23. The van der Waals surface area contributed by atoms with Gasteiger partial charge in [0.25, 0.3) is 0 Å². The molecule has 1 unspecified atom stereocenters. The zero-order valence-electron chi connectivity index (χ0n) is 17.4. The van der Waals surface area contributed by atoms with Crippen molar-refractivity contribution in [2.45, 2.75) is 50.8 Å². The lowest BCUT2D eigenvalue weighted by Gasteiger charge is -2.33. The number of ether oxygens (including phenoxy) is 1. The number of hydrogen-bond donors (Lipinski definition) is 0. The molecule has 3 heterocycles. The van der Waals surface area contributed by atoms with Gasteiger partial charge >= 0.3 is 6.01 Å². The molecule has 3 rings (SSSR count). The summed E-state index contributed by atoms with van der Waals surface area (Å²) in [5.74, 6) is 2.41. The lowest BCUT2D eigenvalue weighted by Crippen LogP contribution is -2.36. The average Bonchev–Trinajstić information content (AvgIpc) is 3.17. The Bertz CT molecular complexity index is 874. The van der Waals surface area contributed by atoms with Crippen LogP contribution in [0.3, 0.4) is 0 Å². The van der Waals surface area contributed by atoms with Gasteiger partial charge in [0.05, 0.1) is 11.5 Å². The van der Waals surface area contributed by atoms with Gasteiger partial charge in [0.2, 0.25) is 5.88 Å². The van der Waals surface area contributed by atoms with E-state index in [0.717, 1.165) is 51.0 Å². The highest BCUT2D eigenvalue weighted by molar-refractivity contribution is 7.90. The lowest BCUT2D eigenvalue weighted by molar-refractivity contribution is 0.216. The van der Waals surface area contributed by atoms with Crippen LogP contribution >= 0.6 is 0 Å². The first-order valence-electron chi connectivity index (χ1n) is 10.2. The van der Waals surface area contributed by atoms with Crippen LogP contribution in [0.1, 0.15) is 45.4 Å². The summed E-state index contributed by atoms with van der Waals surface area (Å²) in [6.45, 7) is 6.79. The fourth-order valence-corrected chi connectivity index (χ4v) is 4.17. The van der Waals surface area contributed by atoms with Crippen LogP contribution in [0.25, 0.3) is 0 Å². The van der Waals surface area contributed by atoms with E-state index in [1.165, 1.54) is 18.5 Å². The second-order valence-corrected chi connectivity index (χ2v) is 9.80. The molecule has 1 aliphatic heterocycles. The molecule has 0 spiro atoms. The fourth-order valence-electron chi connectivity index (χ4n) is 3.61. The molecule has 0 aliphatic carbocycles. The summed E-state index contributed by atoms with van der Waals surface area (Å²) in [6, 6.07) is 3.78. The Kier molecular flexibility index (Phi) is 7.10. The Morgan fingerprint density at radius 1 is 1.31 bits per heavy atom. The number of nitrogens with zero attached hydrogens (tertiary/aromatic N) is 4. The molecule has 0 amide bonds. The van der Waals surface area contributed by atoms with Gasteiger partial charge in [0, 0.05) is 38.0 Å². The molecule has 2 aromatic rings. The van der Waals surface area contributed by atoms with Crippen LogP contribution in [0.5, 0.6) is 5.88 Å². The van der Waals surface area contributed by atoms with Gasteiger partial charge in [-0.1, -0.05) is 19.0 Å². The maximum Gasteiger partial charge on any atom is 0.324 e. The van der Waals surface area contributed by atoms with Gasteiger partial charge in [-0.2, -0.15) is 4.98 Å². The van der Waals surface area contributed by atoms with Crippen LogP contribution in [0.2, 0.25) is 0 Å². The zero-order chi connectivity index (χ0) is 20.9. The minimum absolute atomic E-state index is 0.202. The molecule has 9 heteroatoms. The number of aromatic nitrogens is 3. The fraction of sp³-hybridized carbons (Fsp3) is 0.650. The van der Waals surface area contributed by atoms with Crippen molar-refractivity contribution >= 4 is 15.9 Å². The van der Waals surface area contributed by atoms with Gasteiger partial charge < -0.3 is 14.2 Å². The number of anilines is 1. The number of aryl methyl sites for hydroxylation is 1. The summed E-state index contributed by atoms with van der Waals surface area (Å²) < 4.78 is 34.0. The molecule has 1 fully saturated rings. The van der Waals surface area contributed by atoms with Gasteiger partial charge in [-0.3, -0.25) is 0 Å². The molecule has 2 aromatic heterocycles. The van der Waals surface area contributed by atoms with Crippen LogP contribution in [0.15, 0.2) is 27.7 Å². The Morgan fingerprint density at radius 2 is 2.07 bits per heavy atom. The van der Waals surface area contributed by atoms with E-state index in [1.54, 1.807) is 6.07 Å². The first-order chi connectivity index (χ1) is 13.9. The van der Waals surface area contributed by atoms with Crippen molar-refractivity contribution in [2.24, 2.45) is 11.8 Å². The largest absolute Gasteiger partial charge is 0.478 e. The van der Waals surface area contributed by atoms with E-state index < -0.39 is 9.84 Å². The SMILES string of the molecule is CCCc1noc(N2CCC(C(C)CCOc3ccc(S(C)(=O)=O)cn3)CC2)n1. The predicted molar refractivity (Wildman–Crippen MR) is 110 cm³/mol. The highest BCUT2D eigenvalue weighted by atomic mass is 32.2. The van der Waals surface area contributed by atoms with E-state index in [-0.39, 0.29) is 4.90 Å². The van der Waals surface area contributed by atoms with Crippen molar-refractivity contribution in [3.05, 3.63) is 24.2 Å². The smallest absolute Gasteiger partial charge is 0.324 e.